The second-order valence-electron chi connectivity index (χ2n) is 3.96. The van der Waals surface area contributed by atoms with Crippen LogP contribution < -0.4 is 10.6 Å². The Morgan fingerprint density at radius 2 is 1.83 bits per heavy atom. The second kappa shape index (κ2) is 6.00. The van der Waals surface area contributed by atoms with Gasteiger partial charge >= 0.3 is 0 Å². The summed E-state index contributed by atoms with van der Waals surface area (Å²) < 4.78 is 0. The first-order valence-electron chi connectivity index (χ1n) is 6.24. The predicted octanol–water partition coefficient (Wildman–Crippen LogP) is 3.21. The standard InChI is InChI=1S/C14H18N4/c1-3-11-7-5-6-8-12(11)17-14-10-15-9-13(18-14)16-4-2/h5-10H,3-4H2,1-2H3,(H2,16,17,18). The lowest BCUT2D eigenvalue weighted by Crippen LogP contribution is -2.03. The van der Waals surface area contributed by atoms with Crippen molar-refractivity contribution >= 4 is 17.3 Å². The maximum absolute atomic E-state index is 4.45. The third-order valence-corrected chi connectivity index (χ3v) is 2.65. The van der Waals surface area contributed by atoms with Crippen molar-refractivity contribution in [2.24, 2.45) is 0 Å². The van der Waals surface area contributed by atoms with Crippen molar-refractivity contribution in [1.82, 2.24) is 9.97 Å². The molecule has 0 aliphatic rings. The largest absolute Gasteiger partial charge is 0.369 e. The Bertz CT molecular complexity index is 511. The van der Waals surface area contributed by atoms with Crippen molar-refractivity contribution in [3.63, 3.8) is 0 Å². The van der Waals surface area contributed by atoms with Crippen LogP contribution in [0.5, 0.6) is 0 Å². The highest BCUT2D eigenvalue weighted by Crippen LogP contribution is 2.20. The minimum atomic E-state index is 0.759. The number of hydrogen-bond donors (Lipinski definition) is 2. The van der Waals surface area contributed by atoms with Gasteiger partial charge in [0.05, 0.1) is 12.4 Å². The topological polar surface area (TPSA) is 49.8 Å². The Morgan fingerprint density at radius 3 is 2.61 bits per heavy atom. The van der Waals surface area contributed by atoms with Gasteiger partial charge in [0.15, 0.2) is 5.82 Å². The van der Waals surface area contributed by atoms with Crippen LogP contribution in [0.4, 0.5) is 17.3 Å². The molecule has 2 N–H and O–H groups in total. The van der Waals surface area contributed by atoms with Crippen LogP contribution in [0.25, 0.3) is 0 Å². The molecule has 0 bridgehead atoms. The van der Waals surface area contributed by atoms with E-state index in [1.165, 1.54) is 5.56 Å². The first-order valence-corrected chi connectivity index (χ1v) is 6.24. The zero-order valence-electron chi connectivity index (χ0n) is 10.8. The lowest BCUT2D eigenvalue weighted by Gasteiger charge is -2.10. The van der Waals surface area contributed by atoms with E-state index in [0.29, 0.717) is 0 Å². The molecule has 0 unspecified atom stereocenters. The number of benzene rings is 1. The molecule has 4 nitrogen and oxygen atoms in total. The van der Waals surface area contributed by atoms with E-state index >= 15 is 0 Å². The Kier molecular flexibility index (Phi) is 4.12. The summed E-state index contributed by atoms with van der Waals surface area (Å²) in [5.41, 5.74) is 2.36. The van der Waals surface area contributed by atoms with E-state index in [4.69, 9.17) is 0 Å². The molecule has 1 heterocycles. The summed E-state index contributed by atoms with van der Waals surface area (Å²) in [4.78, 5) is 8.62. The number of nitrogens with one attached hydrogen (secondary N) is 2. The monoisotopic (exact) mass is 242 g/mol. The van der Waals surface area contributed by atoms with Crippen molar-refractivity contribution in [2.75, 3.05) is 17.2 Å². The molecule has 2 aromatic rings. The third-order valence-electron chi connectivity index (χ3n) is 2.65. The Labute approximate surface area is 107 Å². The summed E-state index contributed by atoms with van der Waals surface area (Å²) in [6, 6.07) is 8.23. The molecule has 0 saturated carbocycles. The van der Waals surface area contributed by atoms with E-state index < -0.39 is 0 Å². The lowest BCUT2D eigenvalue weighted by atomic mass is 10.1. The summed E-state index contributed by atoms with van der Waals surface area (Å²) in [6.07, 6.45) is 4.44. The van der Waals surface area contributed by atoms with Gasteiger partial charge in [-0.15, -0.1) is 0 Å². The van der Waals surface area contributed by atoms with Crippen LogP contribution in [0.15, 0.2) is 36.7 Å². The van der Waals surface area contributed by atoms with Gasteiger partial charge in [-0.1, -0.05) is 25.1 Å². The van der Waals surface area contributed by atoms with E-state index in [2.05, 4.69) is 39.7 Å². The van der Waals surface area contributed by atoms with Crippen LogP contribution in [-0.2, 0) is 6.42 Å². The molecule has 2 rings (SSSR count). The molecule has 94 valence electrons. The number of aromatic nitrogens is 2. The number of aryl methyl sites for hydroxylation is 1. The highest BCUT2D eigenvalue weighted by atomic mass is 15.1. The molecule has 0 aliphatic heterocycles. The average Bonchev–Trinajstić information content (AvgIpc) is 2.40. The van der Waals surface area contributed by atoms with Crippen LogP contribution in [0.3, 0.4) is 0 Å². The maximum Gasteiger partial charge on any atom is 0.151 e. The van der Waals surface area contributed by atoms with Gasteiger partial charge < -0.3 is 10.6 Å². The molecular weight excluding hydrogens is 224 g/mol. The van der Waals surface area contributed by atoms with Crippen LogP contribution in [0, 0.1) is 0 Å². The highest BCUT2D eigenvalue weighted by Gasteiger charge is 2.02. The van der Waals surface area contributed by atoms with Crippen LogP contribution >= 0.6 is 0 Å². The number of para-hydroxylation sites is 1. The van der Waals surface area contributed by atoms with Gasteiger partial charge in [0.1, 0.15) is 5.82 Å². The van der Waals surface area contributed by atoms with Crippen LogP contribution in [0.2, 0.25) is 0 Å². The zero-order chi connectivity index (χ0) is 12.8. The quantitative estimate of drug-likeness (QED) is 0.845. The Hall–Kier alpha value is -2.10. The normalized spacial score (nSPS) is 10.1. The van der Waals surface area contributed by atoms with Gasteiger partial charge in [0.25, 0.3) is 0 Å². The molecule has 0 aliphatic carbocycles. The second-order valence-corrected chi connectivity index (χ2v) is 3.96. The summed E-state index contributed by atoms with van der Waals surface area (Å²) in [7, 11) is 0. The third kappa shape index (κ3) is 2.97. The number of anilines is 3. The van der Waals surface area contributed by atoms with Crippen LogP contribution in [0.1, 0.15) is 19.4 Å². The van der Waals surface area contributed by atoms with Crippen molar-refractivity contribution < 1.29 is 0 Å². The Morgan fingerprint density at radius 1 is 1.06 bits per heavy atom. The van der Waals surface area contributed by atoms with Gasteiger partial charge in [0.2, 0.25) is 0 Å². The molecule has 0 saturated heterocycles. The SMILES string of the molecule is CCNc1cncc(Nc2ccccc2CC)n1. The minimum absolute atomic E-state index is 0.759. The highest BCUT2D eigenvalue weighted by molar-refractivity contribution is 5.60. The van der Waals surface area contributed by atoms with Crippen LogP contribution in [-0.4, -0.2) is 16.5 Å². The van der Waals surface area contributed by atoms with E-state index in [0.717, 1.165) is 30.3 Å². The van der Waals surface area contributed by atoms with Gasteiger partial charge in [-0.2, -0.15) is 0 Å². The van der Waals surface area contributed by atoms with Gasteiger partial charge in [-0.05, 0) is 25.0 Å². The number of nitrogens with zero attached hydrogens (tertiary/aromatic N) is 2. The molecule has 1 aromatic carbocycles. The number of rotatable bonds is 5. The summed E-state index contributed by atoms with van der Waals surface area (Å²) in [6.45, 7) is 5.01. The molecule has 0 amide bonds. The van der Waals surface area contributed by atoms with Gasteiger partial charge in [-0.25, -0.2) is 4.98 Å². The summed E-state index contributed by atoms with van der Waals surface area (Å²) >= 11 is 0. The lowest BCUT2D eigenvalue weighted by molar-refractivity contribution is 1.11. The summed E-state index contributed by atoms with van der Waals surface area (Å²) in [5.74, 6) is 1.55. The average molecular weight is 242 g/mol. The molecule has 4 heteroatoms. The Balaban J connectivity index is 2.20. The fraction of sp³-hybridized carbons (Fsp3) is 0.286. The zero-order valence-corrected chi connectivity index (χ0v) is 10.8. The first kappa shape index (κ1) is 12.4. The molecule has 0 radical (unpaired) electrons. The molecule has 0 spiro atoms. The molecule has 1 aromatic heterocycles. The van der Waals surface area contributed by atoms with Crippen molar-refractivity contribution in [1.29, 1.82) is 0 Å². The van der Waals surface area contributed by atoms with Crippen molar-refractivity contribution in [3.05, 3.63) is 42.2 Å². The van der Waals surface area contributed by atoms with E-state index in [9.17, 15) is 0 Å². The van der Waals surface area contributed by atoms with E-state index in [1.807, 2.05) is 19.1 Å². The first-order chi connectivity index (χ1) is 8.83. The smallest absolute Gasteiger partial charge is 0.151 e. The fourth-order valence-electron chi connectivity index (χ4n) is 1.78. The molecule has 0 fully saturated rings. The van der Waals surface area contributed by atoms with Gasteiger partial charge in [-0.3, -0.25) is 4.98 Å². The maximum atomic E-state index is 4.45. The number of hydrogen-bond acceptors (Lipinski definition) is 4. The van der Waals surface area contributed by atoms with Crippen molar-refractivity contribution in [2.45, 2.75) is 20.3 Å². The molecule has 18 heavy (non-hydrogen) atoms. The van der Waals surface area contributed by atoms with E-state index in [-0.39, 0.29) is 0 Å². The molecule has 0 atom stereocenters. The van der Waals surface area contributed by atoms with Crippen molar-refractivity contribution in [3.8, 4) is 0 Å². The fourth-order valence-corrected chi connectivity index (χ4v) is 1.78. The summed E-state index contributed by atoms with van der Waals surface area (Å²) in [5, 5.41) is 6.46. The van der Waals surface area contributed by atoms with Gasteiger partial charge in [0, 0.05) is 12.2 Å². The molecular formula is C14H18N4. The van der Waals surface area contributed by atoms with E-state index in [1.54, 1.807) is 12.4 Å². The predicted molar refractivity (Wildman–Crippen MR) is 75.3 cm³/mol. The minimum Gasteiger partial charge on any atom is -0.369 e.